The van der Waals surface area contributed by atoms with E-state index in [9.17, 15) is 4.21 Å². The van der Waals surface area contributed by atoms with Crippen LogP contribution in [-0.4, -0.2) is 35.8 Å². The second-order valence-electron chi connectivity index (χ2n) is 3.20. The molecule has 72 valence electrons. The first-order valence-electron chi connectivity index (χ1n) is 4.00. The molecule has 12 heavy (non-hydrogen) atoms. The molecule has 4 heteroatoms. The molecule has 1 unspecified atom stereocenters. The summed E-state index contributed by atoms with van der Waals surface area (Å²) in [6.07, 6.45) is 1.89. The van der Waals surface area contributed by atoms with Gasteiger partial charge in [-0.3, -0.25) is 0 Å². The summed E-state index contributed by atoms with van der Waals surface area (Å²) in [6.45, 7) is 4.76. The molecule has 3 nitrogen and oxygen atoms in total. The fourth-order valence-corrected chi connectivity index (χ4v) is 1.42. The summed E-state index contributed by atoms with van der Waals surface area (Å²) in [4.78, 5) is 2.02. The van der Waals surface area contributed by atoms with Crippen LogP contribution in [0.3, 0.4) is 0 Å². The van der Waals surface area contributed by atoms with Crippen molar-refractivity contribution in [3.8, 4) is 0 Å². The predicted molar refractivity (Wildman–Crippen MR) is 54.1 cm³/mol. The van der Waals surface area contributed by atoms with Crippen molar-refractivity contribution in [2.75, 3.05) is 20.6 Å². The normalized spacial score (nSPS) is 14.8. The van der Waals surface area contributed by atoms with Gasteiger partial charge in [-0.15, -0.1) is 0 Å². The Morgan fingerprint density at radius 1 is 1.50 bits per heavy atom. The lowest BCUT2D eigenvalue weighted by Gasteiger charge is -2.05. The fraction of sp³-hybridized carbons (Fsp3) is 0.750. The zero-order valence-electron chi connectivity index (χ0n) is 8.20. The third kappa shape index (κ3) is 7.91. The van der Waals surface area contributed by atoms with Crippen molar-refractivity contribution in [2.45, 2.75) is 19.9 Å². The molecule has 0 radical (unpaired) electrons. The molecule has 0 saturated heterocycles. The van der Waals surface area contributed by atoms with E-state index < -0.39 is 11.0 Å². The third-order valence-corrected chi connectivity index (χ3v) is 2.19. The molecule has 0 bridgehead atoms. The van der Waals surface area contributed by atoms with Gasteiger partial charge in [0.15, 0.2) is 0 Å². The summed E-state index contributed by atoms with van der Waals surface area (Å²) < 4.78 is 14.0. The van der Waals surface area contributed by atoms with Crippen molar-refractivity contribution < 1.29 is 4.21 Å². The first-order valence-corrected chi connectivity index (χ1v) is 5.22. The monoisotopic (exact) mass is 190 g/mol. The zero-order valence-corrected chi connectivity index (χ0v) is 9.02. The van der Waals surface area contributed by atoms with Gasteiger partial charge >= 0.3 is 0 Å². The van der Waals surface area contributed by atoms with Gasteiger partial charge < -0.3 is 4.90 Å². The summed E-state index contributed by atoms with van der Waals surface area (Å²) in [5, 5.41) is 1.68. The van der Waals surface area contributed by atoms with E-state index in [1.165, 1.54) is 0 Å². The Kier molecular flexibility index (Phi) is 6.24. The Bertz CT molecular complexity index is 166. The highest BCUT2D eigenvalue weighted by Crippen LogP contribution is 1.85. The van der Waals surface area contributed by atoms with Crippen LogP contribution in [0.25, 0.3) is 0 Å². The molecule has 0 rings (SSSR count). The van der Waals surface area contributed by atoms with E-state index in [2.05, 4.69) is 4.72 Å². The average molecular weight is 190 g/mol. The van der Waals surface area contributed by atoms with Crippen LogP contribution in [0.2, 0.25) is 0 Å². The standard InChI is InChI=1S/C8H18N2OS/c1-8(2)9-12(11)7-5-6-10(3)4/h5,7-9H,6H2,1-4H3/b7-5+. The summed E-state index contributed by atoms with van der Waals surface area (Å²) in [5.41, 5.74) is 0. The second-order valence-corrected chi connectivity index (χ2v) is 4.31. The van der Waals surface area contributed by atoms with E-state index in [1.807, 2.05) is 38.9 Å². The fourth-order valence-electron chi connectivity index (χ4n) is 0.613. The average Bonchev–Trinajstić information content (AvgIpc) is 1.84. The molecule has 0 spiro atoms. The van der Waals surface area contributed by atoms with Crippen molar-refractivity contribution in [1.82, 2.24) is 9.62 Å². The number of nitrogens with zero attached hydrogens (tertiary/aromatic N) is 1. The van der Waals surface area contributed by atoms with Crippen LogP contribution in [0.4, 0.5) is 0 Å². The predicted octanol–water partition coefficient (Wildman–Crippen LogP) is 0.723. The van der Waals surface area contributed by atoms with E-state index in [1.54, 1.807) is 5.41 Å². The maximum Gasteiger partial charge on any atom is 0.117 e. The summed E-state index contributed by atoms with van der Waals surface area (Å²) in [7, 11) is 2.93. The molecule has 0 aromatic rings. The Hall–Kier alpha value is -0.190. The number of hydrogen-bond donors (Lipinski definition) is 1. The topological polar surface area (TPSA) is 32.3 Å². The Morgan fingerprint density at radius 2 is 2.08 bits per heavy atom. The van der Waals surface area contributed by atoms with Crippen molar-refractivity contribution in [1.29, 1.82) is 0 Å². The van der Waals surface area contributed by atoms with Gasteiger partial charge in [0, 0.05) is 18.0 Å². The van der Waals surface area contributed by atoms with Crippen LogP contribution in [0, 0.1) is 0 Å². The van der Waals surface area contributed by atoms with Crippen LogP contribution in [-0.2, 0) is 11.0 Å². The van der Waals surface area contributed by atoms with Crippen molar-refractivity contribution in [3.63, 3.8) is 0 Å². The molecule has 0 amide bonds. The molecule has 0 heterocycles. The maximum atomic E-state index is 11.1. The quantitative estimate of drug-likeness (QED) is 0.693. The van der Waals surface area contributed by atoms with E-state index in [0.29, 0.717) is 0 Å². The van der Waals surface area contributed by atoms with Crippen LogP contribution in [0.5, 0.6) is 0 Å². The number of likely N-dealkylation sites (N-methyl/N-ethyl adjacent to an activating group) is 1. The summed E-state index contributed by atoms with van der Waals surface area (Å²) >= 11 is 0. The van der Waals surface area contributed by atoms with Gasteiger partial charge in [0.05, 0.1) is 0 Å². The smallest absolute Gasteiger partial charge is 0.117 e. The molecule has 1 N–H and O–H groups in total. The lowest BCUT2D eigenvalue weighted by Crippen LogP contribution is -2.23. The van der Waals surface area contributed by atoms with Gasteiger partial charge in [-0.05, 0) is 27.9 Å². The van der Waals surface area contributed by atoms with Gasteiger partial charge in [-0.2, -0.15) is 0 Å². The van der Waals surface area contributed by atoms with E-state index in [4.69, 9.17) is 0 Å². The molecular weight excluding hydrogens is 172 g/mol. The molecule has 1 atom stereocenters. The molecule has 0 aromatic carbocycles. The van der Waals surface area contributed by atoms with Crippen molar-refractivity contribution >= 4 is 11.0 Å². The molecule has 0 aliphatic carbocycles. The van der Waals surface area contributed by atoms with E-state index >= 15 is 0 Å². The van der Waals surface area contributed by atoms with Gasteiger partial charge in [-0.1, -0.05) is 6.08 Å². The minimum Gasteiger partial charge on any atom is -0.306 e. The SMILES string of the molecule is CC(C)NS(=O)/C=C/CN(C)C. The third-order valence-electron chi connectivity index (χ3n) is 1.04. The van der Waals surface area contributed by atoms with Gasteiger partial charge in [-0.25, -0.2) is 8.93 Å². The van der Waals surface area contributed by atoms with Gasteiger partial charge in [0.25, 0.3) is 0 Å². The molecule has 0 aromatic heterocycles. The highest BCUT2D eigenvalue weighted by atomic mass is 32.2. The first-order chi connectivity index (χ1) is 5.52. The summed E-state index contributed by atoms with van der Waals surface area (Å²) in [6, 6.07) is 0.259. The summed E-state index contributed by atoms with van der Waals surface area (Å²) in [5.74, 6) is 0. The molecular formula is C8H18N2OS. The zero-order chi connectivity index (χ0) is 9.56. The minimum atomic E-state index is -1.02. The minimum absolute atomic E-state index is 0.259. The van der Waals surface area contributed by atoms with Gasteiger partial charge in [0.2, 0.25) is 0 Å². The van der Waals surface area contributed by atoms with E-state index in [0.717, 1.165) is 6.54 Å². The lowest BCUT2D eigenvalue weighted by atomic mass is 10.4. The van der Waals surface area contributed by atoms with Crippen LogP contribution in [0.15, 0.2) is 11.5 Å². The van der Waals surface area contributed by atoms with Crippen molar-refractivity contribution in [3.05, 3.63) is 11.5 Å². The maximum absolute atomic E-state index is 11.1. The Balaban J connectivity index is 3.61. The van der Waals surface area contributed by atoms with Crippen LogP contribution in [0.1, 0.15) is 13.8 Å². The highest BCUT2D eigenvalue weighted by Gasteiger charge is 1.95. The molecule has 0 aliphatic rings. The van der Waals surface area contributed by atoms with Crippen LogP contribution < -0.4 is 4.72 Å². The largest absolute Gasteiger partial charge is 0.306 e. The molecule has 0 aliphatic heterocycles. The lowest BCUT2D eigenvalue weighted by molar-refractivity contribution is 0.456. The first kappa shape index (κ1) is 11.8. The van der Waals surface area contributed by atoms with Crippen LogP contribution >= 0.6 is 0 Å². The van der Waals surface area contributed by atoms with Crippen molar-refractivity contribution in [2.24, 2.45) is 0 Å². The number of nitrogens with one attached hydrogen (secondary N) is 1. The van der Waals surface area contributed by atoms with E-state index in [-0.39, 0.29) is 6.04 Å². The Labute approximate surface area is 77.4 Å². The number of hydrogen-bond acceptors (Lipinski definition) is 2. The molecule has 0 saturated carbocycles. The molecule has 0 fully saturated rings. The second kappa shape index (κ2) is 6.34. The highest BCUT2D eigenvalue weighted by molar-refractivity contribution is 7.86. The number of rotatable bonds is 5. The van der Waals surface area contributed by atoms with Gasteiger partial charge in [0.1, 0.15) is 11.0 Å². The Morgan fingerprint density at radius 3 is 2.50 bits per heavy atom.